The number of hydrogen-bond acceptors (Lipinski definition) is 10. The molecule has 0 unspecified atom stereocenters. The molecule has 168 valence electrons. The number of H-pyrrole nitrogens is 1. The van der Waals surface area contributed by atoms with Gasteiger partial charge < -0.3 is 15.3 Å². The van der Waals surface area contributed by atoms with E-state index in [0.29, 0.717) is 64.7 Å². The summed E-state index contributed by atoms with van der Waals surface area (Å²) in [5.74, 6) is -2.40. The van der Waals surface area contributed by atoms with E-state index in [9.17, 15) is 24.6 Å². The molecule has 2 rings (SSSR count). The summed E-state index contributed by atoms with van der Waals surface area (Å²) in [6.45, 7) is 3.33. The van der Waals surface area contributed by atoms with Gasteiger partial charge in [-0.25, -0.2) is 0 Å². The van der Waals surface area contributed by atoms with Gasteiger partial charge >= 0.3 is 17.9 Å². The molecule has 14 nitrogen and oxygen atoms in total. The maximum Gasteiger partial charge on any atom is 0.317 e. The molecule has 2 heterocycles. The van der Waals surface area contributed by atoms with Crippen LogP contribution < -0.4 is 0 Å². The lowest BCUT2D eigenvalue weighted by Gasteiger charge is -2.32. The van der Waals surface area contributed by atoms with Crippen molar-refractivity contribution < 1.29 is 29.7 Å². The van der Waals surface area contributed by atoms with E-state index in [1.807, 2.05) is 4.90 Å². The van der Waals surface area contributed by atoms with Crippen LogP contribution in [0.5, 0.6) is 0 Å². The summed E-state index contributed by atoms with van der Waals surface area (Å²) in [4.78, 5) is 40.9. The zero-order valence-electron chi connectivity index (χ0n) is 16.7. The third-order valence-electron chi connectivity index (χ3n) is 4.76. The lowest BCUT2D eigenvalue weighted by Crippen LogP contribution is -2.48. The molecule has 1 aromatic rings. The Balaban J connectivity index is 2.11. The fourth-order valence-electron chi connectivity index (χ4n) is 3.23. The van der Waals surface area contributed by atoms with Gasteiger partial charge in [-0.1, -0.05) is 5.21 Å². The molecule has 1 fully saturated rings. The minimum Gasteiger partial charge on any atom is -0.480 e. The van der Waals surface area contributed by atoms with Crippen LogP contribution in [-0.2, 0) is 20.9 Å². The van der Waals surface area contributed by atoms with E-state index in [4.69, 9.17) is 5.11 Å². The van der Waals surface area contributed by atoms with E-state index in [2.05, 4.69) is 20.6 Å². The molecule has 0 aromatic carbocycles. The summed E-state index contributed by atoms with van der Waals surface area (Å²) in [5, 5.41) is 41.4. The Morgan fingerprint density at radius 1 is 0.700 bits per heavy atom. The zero-order chi connectivity index (χ0) is 21.9. The highest BCUT2D eigenvalue weighted by Gasteiger charge is 2.20. The number of tetrazole rings is 1. The Hall–Kier alpha value is -2.68. The summed E-state index contributed by atoms with van der Waals surface area (Å²) in [6, 6.07) is 0. The van der Waals surface area contributed by atoms with Gasteiger partial charge in [-0.3, -0.25) is 34.0 Å². The molecule has 14 heteroatoms. The van der Waals surface area contributed by atoms with Gasteiger partial charge in [0.2, 0.25) is 0 Å². The molecule has 1 aliphatic rings. The fourth-order valence-corrected chi connectivity index (χ4v) is 3.23. The average molecular weight is 428 g/mol. The van der Waals surface area contributed by atoms with Crippen LogP contribution in [0.2, 0.25) is 0 Å². The van der Waals surface area contributed by atoms with E-state index < -0.39 is 17.9 Å². The first-order valence-electron chi connectivity index (χ1n) is 9.59. The predicted molar refractivity (Wildman–Crippen MR) is 102 cm³/mol. The van der Waals surface area contributed by atoms with Crippen LogP contribution in [0.1, 0.15) is 5.82 Å². The number of aromatic nitrogens is 4. The molecule has 1 aliphatic heterocycles. The van der Waals surface area contributed by atoms with Crippen molar-refractivity contribution in [1.29, 1.82) is 0 Å². The normalized spacial score (nSPS) is 19.1. The van der Waals surface area contributed by atoms with Crippen molar-refractivity contribution in [1.82, 2.24) is 40.2 Å². The first-order valence-corrected chi connectivity index (χ1v) is 9.59. The average Bonchev–Trinajstić information content (AvgIpc) is 3.15. The predicted octanol–water partition coefficient (Wildman–Crippen LogP) is -2.82. The number of rotatable bonds is 8. The van der Waals surface area contributed by atoms with E-state index in [1.165, 1.54) is 0 Å². The van der Waals surface area contributed by atoms with E-state index >= 15 is 0 Å². The lowest BCUT2D eigenvalue weighted by atomic mass is 10.3. The largest absolute Gasteiger partial charge is 0.480 e. The second-order valence-corrected chi connectivity index (χ2v) is 7.11. The lowest BCUT2D eigenvalue weighted by molar-refractivity contribution is -0.140. The molecule has 0 spiro atoms. The SMILES string of the molecule is O=C(O)CN1CCN(CC(=O)O)CCN(Cc2nn[nH]n2)CCN(CC(=O)O)CC1. The van der Waals surface area contributed by atoms with Crippen molar-refractivity contribution in [2.45, 2.75) is 6.54 Å². The van der Waals surface area contributed by atoms with Crippen molar-refractivity contribution in [3.63, 3.8) is 0 Å². The monoisotopic (exact) mass is 428 g/mol. The van der Waals surface area contributed by atoms with Crippen LogP contribution in [0.25, 0.3) is 0 Å². The van der Waals surface area contributed by atoms with Crippen LogP contribution in [0.4, 0.5) is 0 Å². The molecule has 0 radical (unpaired) electrons. The molecule has 4 N–H and O–H groups in total. The van der Waals surface area contributed by atoms with Crippen molar-refractivity contribution in [3.8, 4) is 0 Å². The number of carbonyl (C=O) groups is 3. The van der Waals surface area contributed by atoms with Crippen molar-refractivity contribution in [3.05, 3.63) is 5.82 Å². The Morgan fingerprint density at radius 2 is 1.07 bits per heavy atom. The minimum atomic E-state index is -0.983. The van der Waals surface area contributed by atoms with Crippen LogP contribution in [0.15, 0.2) is 0 Å². The Labute approximate surface area is 173 Å². The summed E-state index contributed by atoms with van der Waals surface area (Å²) in [6.07, 6.45) is 0. The maximum atomic E-state index is 11.2. The Morgan fingerprint density at radius 3 is 1.37 bits per heavy atom. The summed E-state index contributed by atoms with van der Waals surface area (Å²) in [7, 11) is 0. The molecular weight excluding hydrogens is 400 g/mol. The number of hydrogen-bond donors (Lipinski definition) is 4. The van der Waals surface area contributed by atoms with Gasteiger partial charge in [0.15, 0.2) is 5.82 Å². The highest BCUT2D eigenvalue weighted by Crippen LogP contribution is 2.03. The third-order valence-corrected chi connectivity index (χ3v) is 4.76. The number of nitrogens with zero attached hydrogens (tertiary/aromatic N) is 7. The molecule has 1 aromatic heterocycles. The zero-order valence-corrected chi connectivity index (χ0v) is 16.7. The van der Waals surface area contributed by atoms with Gasteiger partial charge in [0.1, 0.15) is 0 Å². The first-order chi connectivity index (χ1) is 14.3. The second-order valence-electron chi connectivity index (χ2n) is 7.11. The smallest absolute Gasteiger partial charge is 0.317 e. The molecule has 0 amide bonds. The van der Waals surface area contributed by atoms with Crippen LogP contribution in [0, 0.1) is 0 Å². The van der Waals surface area contributed by atoms with Crippen molar-refractivity contribution in [2.24, 2.45) is 0 Å². The number of aromatic amines is 1. The maximum absolute atomic E-state index is 11.2. The van der Waals surface area contributed by atoms with Crippen molar-refractivity contribution in [2.75, 3.05) is 72.0 Å². The molecule has 0 atom stereocenters. The van der Waals surface area contributed by atoms with Gasteiger partial charge in [0.25, 0.3) is 0 Å². The van der Waals surface area contributed by atoms with Gasteiger partial charge in [-0.2, -0.15) is 5.21 Å². The first kappa shape index (κ1) is 23.6. The number of carboxylic acid groups (broad SMARTS) is 3. The summed E-state index contributed by atoms with van der Waals surface area (Å²) in [5.41, 5.74) is 0. The van der Waals surface area contributed by atoms with Gasteiger partial charge in [0.05, 0.1) is 26.2 Å². The molecular formula is C16H28N8O6. The highest BCUT2D eigenvalue weighted by molar-refractivity contribution is 5.69. The topological polar surface area (TPSA) is 179 Å². The fraction of sp³-hybridized carbons (Fsp3) is 0.750. The minimum absolute atomic E-state index is 0.151. The third kappa shape index (κ3) is 9.21. The van der Waals surface area contributed by atoms with Gasteiger partial charge in [0, 0.05) is 52.4 Å². The summed E-state index contributed by atoms with van der Waals surface area (Å²) < 4.78 is 0. The molecule has 1 saturated heterocycles. The van der Waals surface area contributed by atoms with Crippen LogP contribution in [-0.4, -0.2) is 145 Å². The van der Waals surface area contributed by atoms with E-state index in [0.717, 1.165) is 0 Å². The molecule has 0 saturated carbocycles. The highest BCUT2D eigenvalue weighted by atomic mass is 16.4. The second kappa shape index (κ2) is 12.1. The number of carboxylic acids is 3. The van der Waals surface area contributed by atoms with Gasteiger partial charge in [-0.15, -0.1) is 10.2 Å². The number of aliphatic carboxylic acids is 3. The standard InChI is InChI=1S/C16H28N8O6/c25-14(26)10-22-3-1-21(9-13-17-19-20-18-13)2-4-23(11-15(27)28)6-8-24(7-5-22)12-16(29)30/h1-12H2,(H,25,26)(H,27,28)(H,29,30)(H,17,18,19,20). The Kier molecular flexibility index (Phi) is 9.53. The van der Waals surface area contributed by atoms with Crippen molar-refractivity contribution >= 4 is 17.9 Å². The summed E-state index contributed by atoms with van der Waals surface area (Å²) >= 11 is 0. The quantitative estimate of drug-likeness (QED) is 0.333. The molecule has 30 heavy (non-hydrogen) atoms. The van der Waals surface area contributed by atoms with Crippen LogP contribution >= 0.6 is 0 Å². The van der Waals surface area contributed by atoms with Gasteiger partial charge in [-0.05, 0) is 0 Å². The Bertz CT molecular complexity index is 655. The molecule has 0 bridgehead atoms. The molecule has 0 aliphatic carbocycles. The van der Waals surface area contributed by atoms with Crippen LogP contribution in [0.3, 0.4) is 0 Å². The number of nitrogens with one attached hydrogen (secondary N) is 1. The van der Waals surface area contributed by atoms with E-state index in [-0.39, 0.29) is 19.6 Å². The van der Waals surface area contributed by atoms with E-state index in [1.54, 1.807) is 14.7 Å².